The van der Waals surface area contributed by atoms with E-state index in [4.69, 9.17) is 4.74 Å². The normalized spacial score (nSPS) is 11.4. The smallest absolute Gasteiger partial charge is 0.339 e. The molecule has 0 N–H and O–H groups in total. The minimum atomic E-state index is -1.23. The van der Waals surface area contributed by atoms with Crippen LogP contribution in [0.4, 0.5) is 10.1 Å². The topological polar surface area (TPSA) is 113 Å². The second-order valence-corrected chi connectivity index (χ2v) is 5.44. The molecule has 0 heterocycles. The van der Waals surface area contributed by atoms with Crippen molar-refractivity contribution in [3.05, 3.63) is 75.1 Å². The molecule has 2 aromatic carbocycles. The van der Waals surface area contributed by atoms with E-state index in [1.807, 2.05) is 0 Å². The van der Waals surface area contributed by atoms with Gasteiger partial charge < -0.3 is 9.47 Å². The van der Waals surface area contributed by atoms with Crippen molar-refractivity contribution >= 4 is 23.4 Å². The number of methoxy groups -OCH3 is 1. The number of esters is 2. The van der Waals surface area contributed by atoms with E-state index in [0.29, 0.717) is 0 Å². The lowest BCUT2D eigenvalue weighted by molar-refractivity contribution is -0.384. The number of Topliss-reactive ketones (excluding diaryl/α,β-unsaturated/α-hetero) is 1. The number of nitro groups is 1. The van der Waals surface area contributed by atoms with Gasteiger partial charge >= 0.3 is 11.9 Å². The molecule has 9 heteroatoms. The number of hydrogen-bond acceptors (Lipinski definition) is 7. The van der Waals surface area contributed by atoms with Gasteiger partial charge in [-0.1, -0.05) is 0 Å². The summed E-state index contributed by atoms with van der Waals surface area (Å²) in [5.41, 5.74) is -0.882. The maximum atomic E-state index is 12.9. The third-order valence-electron chi connectivity index (χ3n) is 3.57. The van der Waals surface area contributed by atoms with Crippen molar-refractivity contribution in [2.24, 2.45) is 0 Å². The first-order chi connectivity index (χ1) is 12.7. The van der Waals surface area contributed by atoms with E-state index in [0.717, 1.165) is 37.4 Å². The number of benzene rings is 2. The molecule has 0 radical (unpaired) electrons. The Morgan fingerprint density at radius 1 is 1.00 bits per heavy atom. The van der Waals surface area contributed by atoms with Crippen LogP contribution in [0, 0.1) is 15.9 Å². The first kappa shape index (κ1) is 19.7. The fourth-order valence-electron chi connectivity index (χ4n) is 2.20. The SMILES string of the molecule is COC(=O)c1cc(C(=O)O[C@@H](C)C(=O)c2ccc(F)cc2)cc([N+](=O)[O-])c1. The van der Waals surface area contributed by atoms with Crippen molar-refractivity contribution in [3.8, 4) is 0 Å². The summed E-state index contributed by atoms with van der Waals surface area (Å²) in [7, 11) is 1.09. The number of rotatable bonds is 6. The first-order valence-corrected chi connectivity index (χ1v) is 7.61. The minimum absolute atomic E-state index is 0.131. The standard InChI is InChI=1S/C18H14FNO7/c1-10(16(21)11-3-5-14(19)6-4-11)27-18(23)13-7-12(17(22)26-2)8-15(9-13)20(24)25/h3-10H,1-2H3/t10-/m0/s1. The Labute approximate surface area is 152 Å². The number of ketones is 1. The van der Waals surface area contributed by atoms with Crippen LogP contribution >= 0.6 is 0 Å². The summed E-state index contributed by atoms with van der Waals surface area (Å²) in [5.74, 6) is -3.01. The molecule has 0 aliphatic carbocycles. The van der Waals surface area contributed by atoms with Crippen LogP contribution in [0.3, 0.4) is 0 Å². The Balaban J connectivity index is 2.24. The van der Waals surface area contributed by atoms with E-state index in [9.17, 15) is 28.9 Å². The Kier molecular flexibility index (Phi) is 5.96. The Hall–Kier alpha value is -3.62. The molecular formula is C18H14FNO7. The summed E-state index contributed by atoms with van der Waals surface area (Å²) in [6, 6.07) is 7.60. The number of nitrogens with zero attached hydrogens (tertiary/aromatic N) is 1. The molecule has 0 fully saturated rings. The van der Waals surface area contributed by atoms with Gasteiger partial charge in [0, 0.05) is 17.7 Å². The fourth-order valence-corrected chi connectivity index (χ4v) is 2.20. The van der Waals surface area contributed by atoms with Crippen LogP contribution in [0.15, 0.2) is 42.5 Å². The number of non-ortho nitro benzene ring substituents is 1. The van der Waals surface area contributed by atoms with Crippen molar-refractivity contribution in [1.29, 1.82) is 0 Å². The third kappa shape index (κ3) is 4.72. The summed E-state index contributed by atoms with van der Waals surface area (Å²) < 4.78 is 22.5. The van der Waals surface area contributed by atoms with Crippen LogP contribution in [-0.2, 0) is 9.47 Å². The second-order valence-electron chi connectivity index (χ2n) is 5.44. The molecule has 8 nitrogen and oxygen atoms in total. The molecule has 0 aliphatic rings. The second kappa shape index (κ2) is 8.17. The zero-order valence-electron chi connectivity index (χ0n) is 14.3. The molecule has 0 aliphatic heterocycles. The van der Waals surface area contributed by atoms with Crippen molar-refractivity contribution in [2.75, 3.05) is 7.11 Å². The molecule has 2 rings (SSSR count). The molecule has 0 amide bonds. The van der Waals surface area contributed by atoms with Crippen LogP contribution in [0.2, 0.25) is 0 Å². The van der Waals surface area contributed by atoms with Gasteiger partial charge in [-0.05, 0) is 37.3 Å². The van der Waals surface area contributed by atoms with E-state index in [1.165, 1.54) is 19.1 Å². The Bertz CT molecular complexity index is 908. The van der Waals surface area contributed by atoms with E-state index >= 15 is 0 Å². The maximum Gasteiger partial charge on any atom is 0.339 e. The van der Waals surface area contributed by atoms with E-state index < -0.39 is 40.3 Å². The summed E-state index contributed by atoms with van der Waals surface area (Å²) in [4.78, 5) is 46.4. The lowest BCUT2D eigenvalue weighted by Gasteiger charge is -2.13. The Morgan fingerprint density at radius 3 is 2.07 bits per heavy atom. The average molecular weight is 375 g/mol. The van der Waals surface area contributed by atoms with Crippen molar-refractivity contribution in [1.82, 2.24) is 0 Å². The number of carbonyl (C=O) groups is 3. The van der Waals surface area contributed by atoms with Crippen LogP contribution < -0.4 is 0 Å². The zero-order valence-corrected chi connectivity index (χ0v) is 14.3. The maximum absolute atomic E-state index is 12.9. The highest BCUT2D eigenvalue weighted by molar-refractivity contribution is 6.02. The summed E-state index contributed by atoms with van der Waals surface area (Å²) in [6.45, 7) is 1.31. The largest absolute Gasteiger partial charge is 0.465 e. The number of ether oxygens (including phenoxy) is 2. The highest BCUT2D eigenvalue weighted by Gasteiger charge is 2.23. The Morgan fingerprint density at radius 2 is 1.56 bits per heavy atom. The predicted molar refractivity (Wildman–Crippen MR) is 90.0 cm³/mol. The van der Waals surface area contributed by atoms with Gasteiger partial charge in [0.15, 0.2) is 6.10 Å². The van der Waals surface area contributed by atoms with Crippen molar-refractivity contribution in [2.45, 2.75) is 13.0 Å². The van der Waals surface area contributed by atoms with E-state index in [-0.39, 0.29) is 16.7 Å². The van der Waals surface area contributed by atoms with Crippen LogP contribution in [0.1, 0.15) is 38.0 Å². The average Bonchev–Trinajstić information content (AvgIpc) is 2.66. The molecule has 27 heavy (non-hydrogen) atoms. The van der Waals surface area contributed by atoms with Gasteiger partial charge in [0.25, 0.3) is 5.69 Å². The van der Waals surface area contributed by atoms with Gasteiger partial charge in [-0.25, -0.2) is 14.0 Å². The quantitative estimate of drug-likeness (QED) is 0.330. The molecule has 1 atom stereocenters. The minimum Gasteiger partial charge on any atom is -0.465 e. The molecule has 0 saturated heterocycles. The van der Waals surface area contributed by atoms with E-state index in [2.05, 4.69) is 4.74 Å². The summed E-state index contributed by atoms with van der Waals surface area (Å²) >= 11 is 0. The highest BCUT2D eigenvalue weighted by Crippen LogP contribution is 2.20. The number of hydrogen-bond donors (Lipinski definition) is 0. The lowest BCUT2D eigenvalue weighted by Crippen LogP contribution is -2.24. The van der Waals surface area contributed by atoms with Crippen LogP contribution in [-0.4, -0.2) is 35.9 Å². The molecule has 0 aromatic heterocycles. The fraction of sp³-hybridized carbons (Fsp3) is 0.167. The van der Waals surface area contributed by atoms with Gasteiger partial charge in [0.2, 0.25) is 5.78 Å². The number of nitro benzene ring substituents is 1. The number of halogens is 1. The molecule has 0 unspecified atom stereocenters. The van der Waals surface area contributed by atoms with Gasteiger partial charge in [-0.3, -0.25) is 14.9 Å². The monoisotopic (exact) mass is 375 g/mol. The highest BCUT2D eigenvalue weighted by atomic mass is 19.1. The molecule has 0 saturated carbocycles. The van der Waals surface area contributed by atoms with Crippen molar-refractivity contribution < 1.29 is 33.2 Å². The van der Waals surface area contributed by atoms with Crippen LogP contribution in [0.25, 0.3) is 0 Å². The molecule has 140 valence electrons. The van der Waals surface area contributed by atoms with Crippen LogP contribution in [0.5, 0.6) is 0 Å². The van der Waals surface area contributed by atoms with Gasteiger partial charge in [0.05, 0.1) is 23.2 Å². The molecule has 0 spiro atoms. The first-order valence-electron chi connectivity index (χ1n) is 7.61. The molecule has 2 aromatic rings. The van der Waals surface area contributed by atoms with Gasteiger partial charge in [-0.15, -0.1) is 0 Å². The summed E-state index contributed by atoms with van der Waals surface area (Å²) in [6.07, 6.45) is -1.23. The summed E-state index contributed by atoms with van der Waals surface area (Å²) in [5, 5.41) is 11.0. The molecular weight excluding hydrogens is 361 g/mol. The molecule has 0 bridgehead atoms. The van der Waals surface area contributed by atoms with Gasteiger partial charge in [0.1, 0.15) is 5.82 Å². The third-order valence-corrected chi connectivity index (χ3v) is 3.57. The zero-order chi connectivity index (χ0) is 20.1. The lowest BCUT2D eigenvalue weighted by atomic mass is 10.1. The van der Waals surface area contributed by atoms with E-state index in [1.54, 1.807) is 0 Å². The van der Waals surface area contributed by atoms with Gasteiger partial charge in [-0.2, -0.15) is 0 Å². The van der Waals surface area contributed by atoms with Crippen molar-refractivity contribution in [3.63, 3.8) is 0 Å². The predicted octanol–water partition coefficient (Wildman–Crippen LogP) is 2.95. The number of carbonyl (C=O) groups excluding carboxylic acids is 3.